The Morgan fingerprint density at radius 1 is 1.12 bits per heavy atom. The quantitative estimate of drug-likeness (QED) is 0.346. The van der Waals surface area contributed by atoms with Crippen molar-refractivity contribution in [2.24, 2.45) is 0 Å². The molecule has 5 heterocycles. The van der Waals surface area contributed by atoms with Gasteiger partial charge in [-0.2, -0.15) is 5.26 Å². The average Bonchev–Trinajstić information content (AvgIpc) is 3.77. The van der Waals surface area contributed by atoms with Gasteiger partial charge in [0, 0.05) is 56.2 Å². The van der Waals surface area contributed by atoms with E-state index in [9.17, 15) is 10.1 Å². The number of rotatable bonds is 6. The van der Waals surface area contributed by atoms with Gasteiger partial charge in [-0.15, -0.1) is 0 Å². The molecule has 9 nitrogen and oxygen atoms in total. The number of likely N-dealkylation sites (N-methyl/N-ethyl adjacent to an activating group) is 1. The van der Waals surface area contributed by atoms with E-state index in [1.54, 1.807) is 25.6 Å². The molecule has 6 rings (SSSR count). The highest BCUT2D eigenvalue weighted by atomic mass is 16.5. The van der Waals surface area contributed by atoms with E-state index < -0.39 is 0 Å². The number of nitrogens with zero attached hydrogens (tertiary/aromatic N) is 6. The number of nitriles is 1. The Kier molecular flexibility index (Phi) is 6.86. The van der Waals surface area contributed by atoms with Crippen LogP contribution in [0.1, 0.15) is 35.2 Å². The summed E-state index contributed by atoms with van der Waals surface area (Å²) in [7, 11) is 5.64. The van der Waals surface area contributed by atoms with E-state index >= 15 is 0 Å². The minimum Gasteiger partial charge on any atom is -0.494 e. The van der Waals surface area contributed by atoms with Crippen molar-refractivity contribution in [1.82, 2.24) is 19.8 Å². The maximum atomic E-state index is 13.2. The highest BCUT2D eigenvalue weighted by Crippen LogP contribution is 2.38. The van der Waals surface area contributed by atoms with Crippen molar-refractivity contribution >= 4 is 22.7 Å². The van der Waals surface area contributed by atoms with Gasteiger partial charge in [-0.1, -0.05) is 6.07 Å². The van der Waals surface area contributed by atoms with E-state index in [1.165, 1.54) is 0 Å². The number of anilines is 1. The molecule has 0 spiro atoms. The Labute approximate surface area is 233 Å². The SMILES string of the molecule is COc1cc(C(=O)N2CC[C@H](N(C)C)C2)cnc1-c1cc2nccc(-c3ccc(N4CCCC4)c(C#N)c3)c2o1. The Morgan fingerprint density at radius 2 is 1.95 bits per heavy atom. The molecule has 1 atom stereocenters. The van der Waals surface area contributed by atoms with Crippen LogP contribution in [0, 0.1) is 11.3 Å². The molecular formula is C31H32N6O3. The van der Waals surface area contributed by atoms with Crippen LogP contribution in [0.2, 0.25) is 0 Å². The van der Waals surface area contributed by atoms with E-state index in [1.807, 2.05) is 49.3 Å². The van der Waals surface area contributed by atoms with Crippen LogP contribution in [0.4, 0.5) is 5.69 Å². The molecule has 1 amide bonds. The average molecular weight is 537 g/mol. The molecule has 1 aromatic carbocycles. The van der Waals surface area contributed by atoms with Gasteiger partial charge in [-0.3, -0.25) is 9.78 Å². The molecule has 2 aliphatic rings. The van der Waals surface area contributed by atoms with Gasteiger partial charge in [-0.25, -0.2) is 4.98 Å². The molecule has 0 bridgehead atoms. The molecule has 0 aliphatic carbocycles. The van der Waals surface area contributed by atoms with Crippen LogP contribution in [0.15, 0.2) is 53.2 Å². The normalized spacial score (nSPS) is 17.1. The number of carbonyl (C=O) groups is 1. The van der Waals surface area contributed by atoms with Crippen molar-refractivity contribution in [3.05, 3.63) is 59.9 Å². The summed E-state index contributed by atoms with van der Waals surface area (Å²) in [5, 5.41) is 9.88. The lowest BCUT2D eigenvalue weighted by molar-refractivity contribution is 0.0782. The first-order valence-electron chi connectivity index (χ1n) is 13.6. The molecule has 9 heteroatoms. The molecule has 0 radical (unpaired) electrons. The second kappa shape index (κ2) is 10.6. The lowest BCUT2D eigenvalue weighted by Gasteiger charge is -2.20. The van der Waals surface area contributed by atoms with Crippen LogP contribution in [0.25, 0.3) is 33.7 Å². The third-order valence-electron chi connectivity index (χ3n) is 8.02. The lowest BCUT2D eigenvalue weighted by Crippen LogP contribution is -2.34. The Balaban J connectivity index is 1.32. The van der Waals surface area contributed by atoms with Crippen LogP contribution in [-0.2, 0) is 0 Å². The van der Waals surface area contributed by atoms with Crippen LogP contribution < -0.4 is 9.64 Å². The number of ether oxygens (including phenoxy) is 1. The van der Waals surface area contributed by atoms with Crippen LogP contribution in [0.5, 0.6) is 5.75 Å². The van der Waals surface area contributed by atoms with E-state index in [2.05, 4.69) is 25.8 Å². The molecule has 4 aromatic rings. The van der Waals surface area contributed by atoms with E-state index in [4.69, 9.17) is 9.15 Å². The predicted octanol–water partition coefficient (Wildman–Crippen LogP) is 4.81. The van der Waals surface area contributed by atoms with E-state index in [-0.39, 0.29) is 5.91 Å². The second-order valence-corrected chi connectivity index (χ2v) is 10.7. The van der Waals surface area contributed by atoms with Gasteiger partial charge in [0.2, 0.25) is 0 Å². The number of hydrogen-bond acceptors (Lipinski definition) is 8. The van der Waals surface area contributed by atoms with Crippen molar-refractivity contribution in [3.8, 4) is 34.4 Å². The van der Waals surface area contributed by atoms with Gasteiger partial charge in [-0.05, 0) is 63.2 Å². The summed E-state index contributed by atoms with van der Waals surface area (Å²) < 4.78 is 12.0. The summed E-state index contributed by atoms with van der Waals surface area (Å²) in [4.78, 5) is 28.6. The summed E-state index contributed by atoms with van der Waals surface area (Å²) in [5.41, 5.74) is 5.61. The predicted molar refractivity (Wildman–Crippen MR) is 153 cm³/mol. The monoisotopic (exact) mass is 536 g/mol. The molecule has 3 aromatic heterocycles. The highest BCUT2D eigenvalue weighted by molar-refractivity contribution is 5.96. The molecule has 2 saturated heterocycles. The highest BCUT2D eigenvalue weighted by Gasteiger charge is 2.29. The Hall–Kier alpha value is -4.42. The largest absolute Gasteiger partial charge is 0.494 e. The van der Waals surface area contributed by atoms with Crippen LogP contribution in [0.3, 0.4) is 0 Å². The van der Waals surface area contributed by atoms with Crippen molar-refractivity contribution in [2.45, 2.75) is 25.3 Å². The van der Waals surface area contributed by atoms with Gasteiger partial charge in [0.25, 0.3) is 5.91 Å². The lowest BCUT2D eigenvalue weighted by atomic mass is 10.0. The fourth-order valence-electron chi connectivity index (χ4n) is 5.74. The van der Waals surface area contributed by atoms with Crippen molar-refractivity contribution in [1.29, 1.82) is 5.26 Å². The summed E-state index contributed by atoms with van der Waals surface area (Å²) >= 11 is 0. The number of methoxy groups -OCH3 is 1. The second-order valence-electron chi connectivity index (χ2n) is 10.7. The zero-order chi connectivity index (χ0) is 27.8. The van der Waals surface area contributed by atoms with Crippen molar-refractivity contribution in [3.63, 3.8) is 0 Å². The maximum Gasteiger partial charge on any atom is 0.255 e. The number of furan rings is 1. The third-order valence-corrected chi connectivity index (χ3v) is 8.02. The van der Waals surface area contributed by atoms with Crippen molar-refractivity contribution in [2.75, 3.05) is 52.3 Å². The summed E-state index contributed by atoms with van der Waals surface area (Å²) in [6.45, 7) is 3.36. The van der Waals surface area contributed by atoms with Crippen LogP contribution >= 0.6 is 0 Å². The van der Waals surface area contributed by atoms with Crippen molar-refractivity contribution < 1.29 is 13.9 Å². The zero-order valence-electron chi connectivity index (χ0n) is 23.1. The summed E-state index contributed by atoms with van der Waals surface area (Å²) in [6, 6.07) is 14.2. The fraction of sp³-hybridized carbons (Fsp3) is 0.355. The number of fused-ring (bicyclic) bond motifs is 1. The van der Waals surface area contributed by atoms with Gasteiger partial charge in [0.15, 0.2) is 11.3 Å². The molecule has 0 unspecified atom stereocenters. The molecule has 0 N–H and O–H groups in total. The van der Waals surface area contributed by atoms with Crippen LogP contribution in [-0.4, -0.2) is 79.1 Å². The maximum absolute atomic E-state index is 13.2. The van der Waals surface area contributed by atoms with Gasteiger partial charge >= 0.3 is 0 Å². The number of aromatic nitrogens is 2. The van der Waals surface area contributed by atoms with E-state index in [0.717, 1.165) is 55.7 Å². The number of carbonyl (C=O) groups excluding carboxylic acids is 1. The molecule has 204 valence electrons. The number of likely N-dealkylation sites (tertiary alicyclic amines) is 1. The molecule has 2 fully saturated rings. The van der Waals surface area contributed by atoms with Gasteiger partial charge in [0.1, 0.15) is 23.0 Å². The molecule has 40 heavy (non-hydrogen) atoms. The minimum atomic E-state index is -0.0547. The molecule has 0 saturated carbocycles. The fourth-order valence-corrected chi connectivity index (χ4v) is 5.74. The first-order chi connectivity index (χ1) is 19.5. The first-order valence-corrected chi connectivity index (χ1v) is 13.6. The molecular weight excluding hydrogens is 504 g/mol. The minimum absolute atomic E-state index is 0.0547. The first kappa shape index (κ1) is 25.8. The zero-order valence-corrected chi connectivity index (χ0v) is 23.1. The molecule has 2 aliphatic heterocycles. The number of benzene rings is 1. The summed E-state index contributed by atoms with van der Waals surface area (Å²) in [5.74, 6) is 0.895. The summed E-state index contributed by atoms with van der Waals surface area (Å²) in [6.07, 6.45) is 6.57. The smallest absolute Gasteiger partial charge is 0.255 e. The number of pyridine rings is 2. The third kappa shape index (κ3) is 4.65. The Morgan fingerprint density at radius 3 is 2.67 bits per heavy atom. The number of hydrogen-bond donors (Lipinski definition) is 0. The van der Waals surface area contributed by atoms with Gasteiger partial charge in [0.05, 0.1) is 23.9 Å². The van der Waals surface area contributed by atoms with Gasteiger partial charge < -0.3 is 23.9 Å². The van der Waals surface area contributed by atoms with E-state index in [0.29, 0.717) is 52.0 Å². The Bertz CT molecular complexity index is 1620. The standard InChI is InChI=1S/C31H32N6O3/c1-35(2)23-9-13-37(19-23)31(38)22-15-27(39-3)29(34-18-22)28-16-25-30(40-28)24(8-10-33-25)20-6-7-26(21(14-20)17-32)36-11-4-5-12-36/h6-8,10,14-16,18,23H,4-5,9,11-13,19H2,1-3H3/t23-/m0/s1. The topological polar surface area (TPSA) is 98.7 Å². The number of amides is 1.